The van der Waals surface area contributed by atoms with Crippen molar-refractivity contribution in [3.63, 3.8) is 0 Å². The molecule has 0 heterocycles. The summed E-state index contributed by atoms with van der Waals surface area (Å²) in [5, 5.41) is 12.3. The second-order valence-corrected chi connectivity index (χ2v) is 7.66. The van der Waals surface area contributed by atoms with Gasteiger partial charge in [0.1, 0.15) is 18.5 Å². The Morgan fingerprint density at radius 2 is 1.62 bits per heavy atom. The molecule has 1 atom stereocenters. The fourth-order valence-corrected chi connectivity index (χ4v) is 3.15. The van der Waals surface area contributed by atoms with Gasteiger partial charge in [0.15, 0.2) is 9.84 Å². The van der Waals surface area contributed by atoms with Crippen molar-refractivity contribution in [2.24, 2.45) is 0 Å². The minimum Gasteiger partial charge on any atom is -0.490 e. The van der Waals surface area contributed by atoms with Crippen LogP contribution < -0.4 is 4.74 Å². The first kappa shape index (κ1) is 16.5. The highest BCUT2D eigenvalue weighted by atomic mass is 32.2. The summed E-state index contributed by atoms with van der Waals surface area (Å²) in [6.45, 7) is 0.0895. The molecule has 5 heteroatoms. The predicted octanol–water partition coefficient (Wildman–Crippen LogP) is 3.36. The van der Waals surface area contributed by atoms with E-state index in [1.165, 1.54) is 12.1 Å². The third kappa shape index (κ3) is 3.58. The first-order chi connectivity index (χ1) is 11.4. The van der Waals surface area contributed by atoms with Gasteiger partial charge < -0.3 is 9.84 Å². The largest absolute Gasteiger partial charge is 0.490 e. The van der Waals surface area contributed by atoms with Crippen LogP contribution in [0.4, 0.5) is 0 Å². The van der Waals surface area contributed by atoms with Crippen LogP contribution in [0.5, 0.6) is 5.75 Å². The van der Waals surface area contributed by atoms with Gasteiger partial charge in [-0.05, 0) is 29.1 Å². The Morgan fingerprint density at radius 1 is 0.958 bits per heavy atom. The summed E-state index contributed by atoms with van der Waals surface area (Å²) in [4.78, 5) is 0.230. The molecule has 0 aliphatic rings. The molecule has 3 aromatic rings. The summed E-state index contributed by atoms with van der Waals surface area (Å²) in [5.41, 5.74) is 0.614. The van der Waals surface area contributed by atoms with Crippen LogP contribution in [0.15, 0.2) is 71.6 Å². The molecule has 4 nitrogen and oxygen atoms in total. The molecule has 1 N–H and O–H groups in total. The van der Waals surface area contributed by atoms with Crippen molar-refractivity contribution in [2.75, 3.05) is 12.9 Å². The fraction of sp³-hybridized carbons (Fsp3) is 0.158. The Morgan fingerprint density at radius 3 is 2.33 bits per heavy atom. The number of fused-ring (bicyclic) bond motifs is 1. The first-order valence-electron chi connectivity index (χ1n) is 7.54. The highest BCUT2D eigenvalue weighted by Gasteiger charge is 2.12. The van der Waals surface area contributed by atoms with Crippen LogP contribution >= 0.6 is 0 Å². The van der Waals surface area contributed by atoms with E-state index in [2.05, 4.69) is 0 Å². The molecule has 0 amide bonds. The van der Waals surface area contributed by atoms with E-state index in [-0.39, 0.29) is 11.5 Å². The van der Waals surface area contributed by atoms with Gasteiger partial charge in [-0.25, -0.2) is 8.42 Å². The molecule has 0 saturated heterocycles. The van der Waals surface area contributed by atoms with Gasteiger partial charge in [-0.2, -0.15) is 0 Å². The van der Waals surface area contributed by atoms with E-state index >= 15 is 0 Å². The Kier molecular flexibility index (Phi) is 4.55. The number of aliphatic hydroxyl groups is 1. The molecule has 3 rings (SSSR count). The van der Waals surface area contributed by atoms with Gasteiger partial charge in [-0.3, -0.25) is 0 Å². The molecule has 0 fully saturated rings. The van der Waals surface area contributed by atoms with Gasteiger partial charge in [-0.1, -0.05) is 48.5 Å². The second-order valence-electron chi connectivity index (χ2n) is 5.65. The zero-order valence-electron chi connectivity index (χ0n) is 13.2. The zero-order chi connectivity index (χ0) is 17.2. The van der Waals surface area contributed by atoms with Crippen LogP contribution in [0.1, 0.15) is 11.7 Å². The summed E-state index contributed by atoms with van der Waals surface area (Å²) in [7, 11) is -3.24. The number of ether oxygens (including phenoxy) is 1. The average molecular weight is 342 g/mol. The van der Waals surface area contributed by atoms with E-state index in [1.807, 2.05) is 42.5 Å². The van der Waals surface area contributed by atoms with Gasteiger partial charge in [0, 0.05) is 11.6 Å². The minimum absolute atomic E-state index is 0.0895. The molecule has 0 spiro atoms. The summed E-state index contributed by atoms with van der Waals surface area (Å²) in [6.07, 6.45) is 0.319. The summed E-state index contributed by atoms with van der Waals surface area (Å²) in [6, 6.07) is 19.8. The third-order valence-corrected chi connectivity index (χ3v) is 4.97. The van der Waals surface area contributed by atoms with Crippen LogP contribution in [-0.2, 0) is 9.84 Å². The smallest absolute Gasteiger partial charge is 0.175 e. The quantitative estimate of drug-likeness (QED) is 0.772. The Balaban J connectivity index is 1.74. The van der Waals surface area contributed by atoms with Crippen LogP contribution in [0.2, 0.25) is 0 Å². The maximum atomic E-state index is 11.5. The highest BCUT2D eigenvalue weighted by Crippen LogP contribution is 2.26. The molecule has 0 bridgehead atoms. The summed E-state index contributed by atoms with van der Waals surface area (Å²) in [5.74, 6) is 0.708. The van der Waals surface area contributed by atoms with E-state index in [9.17, 15) is 13.5 Å². The van der Waals surface area contributed by atoms with E-state index < -0.39 is 15.9 Å². The maximum absolute atomic E-state index is 11.5. The van der Waals surface area contributed by atoms with Crippen LogP contribution in [0.3, 0.4) is 0 Å². The lowest BCUT2D eigenvalue weighted by Gasteiger charge is -2.14. The molecule has 0 radical (unpaired) electrons. The highest BCUT2D eigenvalue weighted by molar-refractivity contribution is 7.90. The molecule has 0 aliphatic heterocycles. The van der Waals surface area contributed by atoms with Crippen LogP contribution in [-0.4, -0.2) is 26.4 Å². The van der Waals surface area contributed by atoms with Crippen molar-refractivity contribution in [1.82, 2.24) is 0 Å². The Labute approximate surface area is 141 Å². The van der Waals surface area contributed by atoms with Gasteiger partial charge in [0.2, 0.25) is 0 Å². The number of sulfone groups is 1. The van der Waals surface area contributed by atoms with E-state index in [0.717, 1.165) is 17.0 Å². The molecule has 0 saturated carbocycles. The van der Waals surface area contributed by atoms with Crippen molar-refractivity contribution >= 4 is 20.6 Å². The number of aliphatic hydroxyl groups excluding tert-OH is 1. The van der Waals surface area contributed by atoms with Crippen molar-refractivity contribution < 1.29 is 18.3 Å². The molecule has 3 aromatic carbocycles. The fourth-order valence-electron chi connectivity index (χ4n) is 2.52. The monoisotopic (exact) mass is 342 g/mol. The van der Waals surface area contributed by atoms with Gasteiger partial charge in [0.25, 0.3) is 0 Å². The first-order valence-corrected chi connectivity index (χ1v) is 9.43. The lowest BCUT2D eigenvalue weighted by Crippen LogP contribution is -2.10. The molecular weight excluding hydrogens is 324 g/mol. The molecule has 1 unspecified atom stereocenters. The molecule has 124 valence electrons. The zero-order valence-corrected chi connectivity index (χ0v) is 14.0. The second kappa shape index (κ2) is 6.63. The van der Waals surface area contributed by atoms with Crippen molar-refractivity contribution in [3.8, 4) is 5.75 Å². The molecule has 0 aliphatic carbocycles. The standard InChI is InChI=1S/C19H18O4S/c1-24(21,22)16-11-9-15(10-12-16)18(20)13-23-19-8-4-6-14-5-2-3-7-17(14)19/h2-12,18,20H,13H2,1H3. The molecule has 0 aromatic heterocycles. The van der Waals surface area contributed by atoms with Gasteiger partial charge in [-0.15, -0.1) is 0 Å². The Bertz CT molecular complexity index is 941. The SMILES string of the molecule is CS(=O)(=O)c1ccc(C(O)COc2cccc3ccccc23)cc1. The average Bonchev–Trinajstić information content (AvgIpc) is 2.59. The van der Waals surface area contributed by atoms with Gasteiger partial charge >= 0.3 is 0 Å². The summed E-state index contributed by atoms with van der Waals surface area (Å²) < 4.78 is 28.7. The minimum atomic E-state index is -3.24. The number of rotatable bonds is 5. The maximum Gasteiger partial charge on any atom is 0.175 e. The van der Waals surface area contributed by atoms with E-state index in [1.54, 1.807) is 12.1 Å². The normalized spacial score (nSPS) is 12.9. The van der Waals surface area contributed by atoms with Crippen molar-refractivity contribution in [2.45, 2.75) is 11.0 Å². The van der Waals surface area contributed by atoms with Crippen LogP contribution in [0.25, 0.3) is 10.8 Å². The van der Waals surface area contributed by atoms with E-state index in [0.29, 0.717) is 11.3 Å². The summed E-state index contributed by atoms with van der Waals surface area (Å²) >= 11 is 0. The lowest BCUT2D eigenvalue weighted by molar-refractivity contribution is 0.109. The third-order valence-electron chi connectivity index (χ3n) is 3.84. The number of hydrogen-bond acceptors (Lipinski definition) is 4. The molecular formula is C19H18O4S. The molecule has 24 heavy (non-hydrogen) atoms. The van der Waals surface area contributed by atoms with Crippen molar-refractivity contribution in [3.05, 3.63) is 72.3 Å². The van der Waals surface area contributed by atoms with Gasteiger partial charge in [0.05, 0.1) is 4.90 Å². The van der Waals surface area contributed by atoms with E-state index in [4.69, 9.17) is 4.74 Å². The van der Waals surface area contributed by atoms with Crippen molar-refractivity contribution in [1.29, 1.82) is 0 Å². The lowest BCUT2D eigenvalue weighted by atomic mass is 10.1. The van der Waals surface area contributed by atoms with Crippen LogP contribution in [0, 0.1) is 0 Å². The number of benzene rings is 3. The predicted molar refractivity (Wildman–Crippen MR) is 94.0 cm³/mol. The Hall–Kier alpha value is -2.37. The topological polar surface area (TPSA) is 63.6 Å². The number of hydrogen-bond donors (Lipinski definition) is 1.